The van der Waals surface area contributed by atoms with Crippen molar-refractivity contribution >= 4 is 28.8 Å². The summed E-state index contributed by atoms with van der Waals surface area (Å²) in [6.45, 7) is 0.566. The number of nitrogens with one attached hydrogen (secondary N) is 3. The first-order valence-electron chi connectivity index (χ1n) is 15.2. The molecule has 0 bridgehead atoms. The number of nitrogens with zero attached hydrogens (tertiary/aromatic N) is 4. The number of ether oxygens (including phenoxy) is 1. The molecule has 4 aromatic rings. The monoisotopic (exact) mass is 588 g/mol. The van der Waals surface area contributed by atoms with Gasteiger partial charge in [-0.3, -0.25) is 9.36 Å². The van der Waals surface area contributed by atoms with Gasteiger partial charge in [-0.25, -0.2) is 4.98 Å². The van der Waals surface area contributed by atoms with Gasteiger partial charge in [0.2, 0.25) is 5.95 Å². The number of aliphatic hydroxyl groups is 3. The fourth-order valence-electron chi connectivity index (χ4n) is 5.89. The minimum absolute atomic E-state index is 0.00372. The Morgan fingerprint density at radius 1 is 1.05 bits per heavy atom. The SMILES string of the molecule is [2H]CCNC(=O)[C@H]1O[C@H](n2cnc3c(NCC(c4ccccc4)c4ccccc4)nc(N[C@H]4CC[C@H](O)C4)nc32)[C@H](O)[C@@H]1O. The zero-order chi connectivity index (χ0) is 30.6. The summed E-state index contributed by atoms with van der Waals surface area (Å²) >= 11 is 0. The molecule has 1 saturated carbocycles. The number of likely N-dealkylation sites (N-methyl/N-ethyl adjacent to an activating group) is 1. The minimum atomic E-state index is -1.49. The molecule has 12 heteroatoms. The molecular formula is C31H37N7O5. The molecule has 0 unspecified atom stereocenters. The molecule has 6 rings (SSSR count). The van der Waals surface area contributed by atoms with E-state index in [-0.39, 0.29) is 25.4 Å². The van der Waals surface area contributed by atoms with Crippen molar-refractivity contribution in [2.75, 3.05) is 23.7 Å². The molecule has 1 amide bonds. The van der Waals surface area contributed by atoms with E-state index in [1.54, 1.807) is 0 Å². The lowest BCUT2D eigenvalue weighted by molar-refractivity contribution is -0.137. The lowest BCUT2D eigenvalue weighted by Crippen LogP contribution is -2.42. The molecule has 226 valence electrons. The summed E-state index contributed by atoms with van der Waals surface area (Å²) in [5.41, 5.74) is 3.02. The highest BCUT2D eigenvalue weighted by molar-refractivity contribution is 5.85. The average molecular weight is 589 g/mol. The van der Waals surface area contributed by atoms with Gasteiger partial charge in [-0.05, 0) is 37.3 Å². The van der Waals surface area contributed by atoms with Crippen LogP contribution in [-0.4, -0.2) is 84.3 Å². The molecule has 1 aliphatic heterocycles. The maximum absolute atomic E-state index is 12.6. The molecule has 2 aromatic heterocycles. The maximum Gasteiger partial charge on any atom is 0.252 e. The number of benzene rings is 2. The van der Waals surface area contributed by atoms with Crippen molar-refractivity contribution in [1.29, 1.82) is 0 Å². The number of rotatable bonds is 10. The average Bonchev–Trinajstić information content (AvgIpc) is 3.74. The van der Waals surface area contributed by atoms with Gasteiger partial charge in [0.25, 0.3) is 5.91 Å². The quantitative estimate of drug-likeness (QED) is 0.162. The Bertz CT molecular complexity index is 1520. The topological polar surface area (TPSA) is 167 Å². The molecule has 3 heterocycles. The molecule has 1 aliphatic carbocycles. The standard InChI is InChI=1S/C31H37N7O5/c1-2-32-29(42)26-24(40)25(41)30(43-26)38-17-34-23-27(36-31(37-28(23)38)35-20-13-14-21(39)15-20)33-16-22(18-9-5-3-6-10-18)19-11-7-4-8-12-19/h3-12,17,20-22,24-26,30,39-41H,2,13-16H2,1H3,(H,32,42)(H2,33,35,36,37)/t20-,21-,24-,25+,26-,30-/m0/s1/i1D. The Hall–Kier alpha value is -4.10. The molecule has 0 spiro atoms. The van der Waals surface area contributed by atoms with E-state index in [1.165, 1.54) is 10.9 Å². The Morgan fingerprint density at radius 3 is 2.42 bits per heavy atom. The van der Waals surface area contributed by atoms with Crippen molar-refractivity contribution in [3.05, 3.63) is 78.1 Å². The van der Waals surface area contributed by atoms with Crippen LogP contribution in [0.25, 0.3) is 11.2 Å². The van der Waals surface area contributed by atoms with E-state index in [0.717, 1.165) is 17.5 Å². The van der Waals surface area contributed by atoms with Gasteiger partial charge in [-0.1, -0.05) is 60.7 Å². The van der Waals surface area contributed by atoms with Crippen molar-refractivity contribution in [3.63, 3.8) is 0 Å². The predicted molar refractivity (Wildman–Crippen MR) is 160 cm³/mol. The normalized spacial score (nSPS) is 25.6. The first-order chi connectivity index (χ1) is 21.4. The minimum Gasteiger partial charge on any atom is -0.393 e. The van der Waals surface area contributed by atoms with E-state index in [1.807, 2.05) is 36.4 Å². The van der Waals surface area contributed by atoms with E-state index in [2.05, 4.69) is 45.2 Å². The van der Waals surface area contributed by atoms with Gasteiger partial charge in [-0.2, -0.15) is 9.97 Å². The highest BCUT2D eigenvalue weighted by Crippen LogP contribution is 2.34. The number of carbonyl (C=O) groups is 1. The number of hydrogen-bond donors (Lipinski definition) is 6. The van der Waals surface area contributed by atoms with E-state index in [4.69, 9.17) is 16.1 Å². The largest absolute Gasteiger partial charge is 0.393 e. The maximum atomic E-state index is 12.6. The lowest BCUT2D eigenvalue weighted by Gasteiger charge is -2.20. The zero-order valence-electron chi connectivity index (χ0n) is 24.6. The summed E-state index contributed by atoms with van der Waals surface area (Å²) in [5.74, 6) is 0.172. The Kier molecular flexibility index (Phi) is 8.15. The predicted octanol–water partition coefficient (Wildman–Crippen LogP) is 2.15. The second-order valence-corrected chi connectivity index (χ2v) is 11.0. The van der Waals surface area contributed by atoms with Crippen LogP contribution in [0.15, 0.2) is 67.0 Å². The number of aromatic nitrogens is 4. The third-order valence-corrected chi connectivity index (χ3v) is 8.11. The van der Waals surface area contributed by atoms with Crippen LogP contribution in [0, 0.1) is 0 Å². The molecule has 2 fully saturated rings. The van der Waals surface area contributed by atoms with Crippen LogP contribution in [0.2, 0.25) is 0 Å². The van der Waals surface area contributed by atoms with Crippen LogP contribution in [0.1, 0.15) is 50.8 Å². The molecule has 0 radical (unpaired) electrons. The number of hydrogen-bond acceptors (Lipinski definition) is 10. The zero-order valence-corrected chi connectivity index (χ0v) is 23.6. The molecule has 2 aliphatic rings. The highest BCUT2D eigenvalue weighted by atomic mass is 16.6. The molecule has 12 nitrogen and oxygen atoms in total. The van der Waals surface area contributed by atoms with Gasteiger partial charge in [0.1, 0.15) is 12.2 Å². The Morgan fingerprint density at radius 2 is 1.77 bits per heavy atom. The molecule has 1 saturated heterocycles. The summed E-state index contributed by atoms with van der Waals surface area (Å²) < 4.78 is 14.6. The van der Waals surface area contributed by atoms with E-state index in [0.29, 0.717) is 42.3 Å². The summed E-state index contributed by atoms with van der Waals surface area (Å²) in [6.07, 6.45) is -2.32. The second-order valence-electron chi connectivity index (χ2n) is 11.0. The number of carbonyl (C=O) groups excluding carboxylic acids is 1. The Labute approximate surface area is 250 Å². The third-order valence-electron chi connectivity index (χ3n) is 8.11. The van der Waals surface area contributed by atoms with Crippen molar-refractivity contribution in [3.8, 4) is 0 Å². The van der Waals surface area contributed by atoms with Gasteiger partial charge in [0.15, 0.2) is 29.3 Å². The summed E-state index contributed by atoms with van der Waals surface area (Å²) in [4.78, 5) is 26.6. The third kappa shape index (κ3) is 6.04. The lowest BCUT2D eigenvalue weighted by atomic mass is 9.91. The molecule has 6 atom stereocenters. The number of aliphatic hydroxyl groups excluding tert-OH is 3. The van der Waals surface area contributed by atoms with Crippen molar-refractivity contribution in [2.45, 2.75) is 68.8 Å². The van der Waals surface area contributed by atoms with Crippen molar-refractivity contribution < 1.29 is 26.2 Å². The van der Waals surface area contributed by atoms with Gasteiger partial charge in [-0.15, -0.1) is 0 Å². The number of fused-ring (bicyclic) bond motifs is 1. The highest BCUT2D eigenvalue weighted by Gasteiger charge is 2.47. The first-order valence-corrected chi connectivity index (χ1v) is 14.5. The number of imidazole rings is 1. The smallest absolute Gasteiger partial charge is 0.252 e. The first kappa shape index (κ1) is 27.7. The van der Waals surface area contributed by atoms with Gasteiger partial charge >= 0.3 is 0 Å². The number of anilines is 2. The van der Waals surface area contributed by atoms with Crippen LogP contribution in [0.3, 0.4) is 0 Å². The van der Waals surface area contributed by atoms with E-state index < -0.39 is 36.6 Å². The van der Waals surface area contributed by atoms with Crippen LogP contribution >= 0.6 is 0 Å². The van der Waals surface area contributed by atoms with Crippen molar-refractivity contribution in [1.82, 2.24) is 24.8 Å². The Balaban J connectivity index is 1.34. The summed E-state index contributed by atoms with van der Waals surface area (Å²) in [7, 11) is 0. The molecule has 2 aromatic carbocycles. The molecule has 43 heavy (non-hydrogen) atoms. The van der Waals surface area contributed by atoms with E-state index in [9.17, 15) is 20.1 Å². The van der Waals surface area contributed by atoms with E-state index >= 15 is 0 Å². The van der Waals surface area contributed by atoms with Gasteiger partial charge in [0.05, 0.1) is 12.4 Å². The van der Waals surface area contributed by atoms with Crippen molar-refractivity contribution in [2.24, 2.45) is 0 Å². The summed E-state index contributed by atoms with van der Waals surface area (Å²) in [5, 5.41) is 41.0. The van der Waals surface area contributed by atoms with Crippen LogP contribution in [-0.2, 0) is 9.53 Å². The number of amides is 1. The second kappa shape index (κ2) is 12.6. The fraction of sp³-hybridized carbons (Fsp3) is 0.419. The van der Waals surface area contributed by atoms with Crippen LogP contribution in [0.4, 0.5) is 11.8 Å². The van der Waals surface area contributed by atoms with Crippen LogP contribution in [0.5, 0.6) is 0 Å². The van der Waals surface area contributed by atoms with Gasteiger partial charge < -0.3 is 36.0 Å². The van der Waals surface area contributed by atoms with Gasteiger partial charge in [0, 0.05) is 26.4 Å². The van der Waals surface area contributed by atoms with Crippen LogP contribution < -0.4 is 16.0 Å². The fourth-order valence-corrected chi connectivity index (χ4v) is 5.89. The molecule has 6 N–H and O–H groups in total. The summed E-state index contributed by atoms with van der Waals surface area (Å²) in [6, 6.07) is 20.3. The molecular weight excluding hydrogens is 550 g/mol.